The Balaban J connectivity index is 1.87. The number of aryl methyl sites for hydroxylation is 2. The Bertz CT molecular complexity index is 548. The molecule has 1 aliphatic carbocycles. The van der Waals surface area contributed by atoms with Gasteiger partial charge in [-0.15, -0.1) is 0 Å². The molecule has 0 aromatic heterocycles. The van der Waals surface area contributed by atoms with Crippen molar-refractivity contribution in [2.75, 3.05) is 27.3 Å². The second-order valence-electron chi connectivity index (χ2n) is 7.16. The summed E-state index contributed by atoms with van der Waals surface area (Å²) >= 11 is 0. The molecule has 4 heteroatoms. The molecule has 0 saturated heterocycles. The van der Waals surface area contributed by atoms with Gasteiger partial charge in [0.2, 0.25) is 0 Å². The first-order chi connectivity index (χ1) is 11.6. The molecule has 0 heterocycles. The number of hydrogen-bond donors (Lipinski definition) is 2. The standard InChI is InChI=1S/C20H33N3O/c1-16-7-8-18(17(2)13-16)14-22-19(21-3)23-15-20(11-12-24-4)9-5-6-10-20/h7-8,13H,5-6,9-12,14-15H2,1-4H3,(H2,21,22,23). The number of ether oxygens (including phenoxy) is 1. The van der Waals surface area contributed by atoms with Gasteiger partial charge in [-0.2, -0.15) is 0 Å². The summed E-state index contributed by atoms with van der Waals surface area (Å²) in [6, 6.07) is 6.59. The van der Waals surface area contributed by atoms with Crippen molar-refractivity contribution in [3.63, 3.8) is 0 Å². The molecule has 0 radical (unpaired) electrons. The SMILES string of the molecule is CN=C(NCc1ccc(C)cc1C)NCC1(CCOC)CCCC1. The van der Waals surface area contributed by atoms with E-state index in [0.717, 1.165) is 32.1 Å². The van der Waals surface area contributed by atoms with Crippen LogP contribution in [0.1, 0.15) is 48.8 Å². The van der Waals surface area contributed by atoms with Crippen molar-refractivity contribution >= 4 is 5.96 Å². The highest BCUT2D eigenvalue weighted by atomic mass is 16.5. The van der Waals surface area contributed by atoms with Gasteiger partial charge in [0.05, 0.1) is 0 Å². The molecule has 0 amide bonds. The van der Waals surface area contributed by atoms with E-state index in [1.807, 2.05) is 7.05 Å². The second-order valence-corrected chi connectivity index (χ2v) is 7.16. The van der Waals surface area contributed by atoms with Gasteiger partial charge in [-0.05, 0) is 49.7 Å². The van der Waals surface area contributed by atoms with Gasteiger partial charge < -0.3 is 15.4 Å². The Morgan fingerprint density at radius 3 is 2.58 bits per heavy atom. The van der Waals surface area contributed by atoms with Gasteiger partial charge in [0, 0.05) is 33.9 Å². The molecule has 2 N–H and O–H groups in total. The number of guanidine groups is 1. The minimum absolute atomic E-state index is 0.368. The minimum atomic E-state index is 0.368. The number of benzene rings is 1. The largest absolute Gasteiger partial charge is 0.385 e. The van der Waals surface area contributed by atoms with Gasteiger partial charge in [-0.25, -0.2) is 0 Å². The zero-order chi connectivity index (χ0) is 17.4. The Morgan fingerprint density at radius 1 is 1.21 bits per heavy atom. The van der Waals surface area contributed by atoms with E-state index in [0.29, 0.717) is 5.41 Å². The van der Waals surface area contributed by atoms with Crippen LogP contribution < -0.4 is 10.6 Å². The van der Waals surface area contributed by atoms with Gasteiger partial charge in [0.1, 0.15) is 0 Å². The first-order valence-electron chi connectivity index (χ1n) is 9.08. The maximum absolute atomic E-state index is 5.32. The van der Waals surface area contributed by atoms with E-state index >= 15 is 0 Å². The minimum Gasteiger partial charge on any atom is -0.385 e. The maximum Gasteiger partial charge on any atom is 0.191 e. The maximum atomic E-state index is 5.32. The quantitative estimate of drug-likeness (QED) is 0.593. The first kappa shape index (κ1) is 18.8. The van der Waals surface area contributed by atoms with E-state index in [1.54, 1.807) is 7.11 Å². The summed E-state index contributed by atoms with van der Waals surface area (Å²) in [5.41, 5.74) is 4.32. The predicted molar refractivity (Wildman–Crippen MR) is 102 cm³/mol. The summed E-state index contributed by atoms with van der Waals surface area (Å²) in [5, 5.41) is 7.00. The van der Waals surface area contributed by atoms with Crippen molar-refractivity contribution in [3.05, 3.63) is 34.9 Å². The number of aliphatic imine (C=N–C) groups is 1. The fourth-order valence-electron chi connectivity index (χ4n) is 3.67. The van der Waals surface area contributed by atoms with Crippen LogP contribution in [-0.2, 0) is 11.3 Å². The average Bonchev–Trinajstić information content (AvgIpc) is 3.04. The van der Waals surface area contributed by atoms with Crippen LogP contribution in [0.2, 0.25) is 0 Å². The van der Waals surface area contributed by atoms with E-state index in [-0.39, 0.29) is 0 Å². The molecule has 0 aliphatic heterocycles. The van der Waals surface area contributed by atoms with Crippen LogP contribution in [0.5, 0.6) is 0 Å². The highest BCUT2D eigenvalue weighted by molar-refractivity contribution is 5.79. The van der Waals surface area contributed by atoms with Crippen molar-refractivity contribution in [1.29, 1.82) is 0 Å². The second kappa shape index (κ2) is 9.07. The number of nitrogens with one attached hydrogen (secondary N) is 2. The van der Waals surface area contributed by atoms with Gasteiger partial charge in [0.25, 0.3) is 0 Å². The smallest absolute Gasteiger partial charge is 0.191 e. The van der Waals surface area contributed by atoms with Gasteiger partial charge in [0.15, 0.2) is 5.96 Å². The van der Waals surface area contributed by atoms with E-state index in [2.05, 4.69) is 47.7 Å². The van der Waals surface area contributed by atoms with Crippen LogP contribution in [0, 0.1) is 19.3 Å². The van der Waals surface area contributed by atoms with E-state index in [4.69, 9.17) is 4.74 Å². The normalized spacial score (nSPS) is 17.1. The zero-order valence-electron chi connectivity index (χ0n) is 15.7. The Hall–Kier alpha value is -1.55. The third-order valence-electron chi connectivity index (χ3n) is 5.30. The number of hydrogen-bond acceptors (Lipinski definition) is 2. The topological polar surface area (TPSA) is 45.7 Å². The van der Waals surface area contributed by atoms with Crippen LogP contribution in [0.3, 0.4) is 0 Å². The Morgan fingerprint density at radius 2 is 1.96 bits per heavy atom. The van der Waals surface area contributed by atoms with Crippen LogP contribution in [0.15, 0.2) is 23.2 Å². The molecule has 1 aromatic carbocycles. The van der Waals surface area contributed by atoms with Crippen molar-refractivity contribution in [1.82, 2.24) is 10.6 Å². The Labute approximate surface area is 147 Å². The molecule has 2 rings (SSSR count). The fourth-order valence-corrected chi connectivity index (χ4v) is 3.67. The van der Waals surface area contributed by atoms with Crippen LogP contribution in [0.25, 0.3) is 0 Å². The van der Waals surface area contributed by atoms with Crippen LogP contribution >= 0.6 is 0 Å². The molecule has 4 nitrogen and oxygen atoms in total. The number of nitrogens with zero attached hydrogens (tertiary/aromatic N) is 1. The summed E-state index contributed by atoms with van der Waals surface area (Å²) in [5.74, 6) is 0.888. The number of methoxy groups -OCH3 is 1. The summed E-state index contributed by atoms with van der Waals surface area (Å²) in [4.78, 5) is 4.39. The molecule has 0 unspecified atom stereocenters. The Kier molecular flexibility index (Phi) is 7.10. The highest BCUT2D eigenvalue weighted by Crippen LogP contribution is 2.40. The summed E-state index contributed by atoms with van der Waals surface area (Å²) in [6.45, 7) is 6.92. The molecule has 24 heavy (non-hydrogen) atoms. The lowest BCUT2D eigenvalue weighted by Crippen LogP contribution is -2.43. The third kappa shape index (κ3) is 5.23. The molecule has 134 valence electrons. The van der Waals surface area contributed by atoms with E-state index in [9.17, 15) is 0 Å². The molecule has 1 aromatic rings. The predicted octanol–water partition coefficient (Wildman–Crippen LogP) is 3.57. The molecule has 1 fully saturated rings. The molecular formula is C20H33N3O. The lowest BCUT2D eigenvalue weighted by molar-refractivity contribution is 0.138. The molecule has 0 atom stereocenters. The van der Waals surface area contributed by atoms with Crippen molar-refractivity contribution in [2.24, 2.45) is 10.4 Å². The molecule has 0 bridgehead atoms. The fraction of sp³-hybridized carbons (Fsp3) is 0.650. The molecule has 0 spiro atoms. The van der Waals surface area contributed by atoms with E-state index in [1.165, 1.54) is 42.4 Å². The summed E-state index contributed by atoms with van der Waals surface area (Å²) in [7, 11) is 3.63. The third-order valence-corrected chi connectivity index (χ3v) is 5.30. The molecular weight excluding hydrogens is 298 g/mol. The lowest BCUT2D eigenvalue weighted by atomic mass is 9.83. The molecule has 1 aliphatic rings. The van der Waals surface area contributed by atoms with Gasteiger partial charge >= 0.3 is 0 Å². The lowest BCUT2D eigenvalue weighted by Gasteiger charge is -2.30. The van der Waals surface area contributed by atoms with Gasteiger partial charge in [-0.3, -0.25) is 4.99 Å². The van der Waals surface area contributed by atoms with E-state index < -0.39 is 0 Å². The van der Waals surface area contributed by atoms with Crippen molar-refractivity contribution in [2.45, 2.75) is 52.5 Å². The summed E-state index contributed by atoms with van der Waals surface area (Å²) < 4.78 is 5.32. The number of rotatable bonds is 7. The highest BCUT2D eigenvalue weighted by Gasteiger charge is 2.33. The van der Waals surface area contributed by atoms with Gasteiger partial charge in [-0.1, -0.05) is 36.6 Å². The molecule has 1 saturated carbocycles. The monoisotopic (exact) mass is 331 g/mol. The first-order valence-corrected chi connectivity index (χ1v) is 9.08. The average molecular weight is 332 g/mol. The van der Waals surface area contributed by atoms with Crippen LogP contribution in [-0.4, -0.2) is 33.3 Å². The van der Waals surface area contributed by atoms with Crippen LogP contribution in [0.4, 0.5) is 0 Å². The van der Waals surface area contributed by atoms with Crippen molar-refractivity contribution in [3.8, 4) is 0 Å². The van der Waals surface area contributed by atoms with Crippen molar-refractivity contribution < 1.29 is 4.74 Å². The zero-order valence-corrected chi connectivity index (χ0v) is 15.7. The summed E-state index contributed by atoms with van der Waals surface area (Å²) in [6.07, 6.45) is 6.37.